The van der Waals surface area contributed by atoms with Gasteiger partial charge in [-0.15, -0.1) is 0 Å². The predicted octanol–water partition coefficient (Wildman–Crippen LogP) is 1.24. The van der Waals surface area contributed by atoms with Crippen LogP contribution in [0.25, 0.3) is 0 Å². The van der Waals surface area contributed by atoms with Gasteiger partial charge in [-0.25, -0.2) is 0 Å². The molecule has 5 heteroatoms. The van der Waals surface area contributed by atoms with Gasteiger partial charge in [0.15, 0.2) is 0 Å². The molecule has 0 saturated carbocycles. The molecule has 1 aromatic heterocycles. The van der Waals surface area contributed by atoms with Gasteiger partial charge in [0.1, 0.15) is 0 Å². The molecule has 1 aromatic rings. The molecular formula is C11H19N3O2. The van der Waals surface area contributed by atoms with Gasteiger partial charge in [-0.05, 0) is 19.9 Å². The number of aliphatic carboxylic acids is 1. The molecule has 90 valence electrons. The molecule has 0 amide bonds. The van der Waals surface area contributed by atoms with Crippen LogP contribution in [0.2, 0.25) is 0 Å². The zero-order valence-electron chi connectivity index (χ0n) is 10.0. The van der Waals surface area contributed by atoms with Gasteiger partial charge in [-0.3, -0.25) is 9.48 Å². The van der Waals surface area contributed by atoms with E-state index in [1.54, 1.807) is 10.9 Å². The minimum absolute atomic E-state index is 0.0898. The summed E-state index contributed by atoms with van der Waals surface area (Å²) < 4.78 is 1.76. The summed E-state index contributed by atoms with van der Waals surface area (Å²) >= 11 is 0. The Balaban J connectivity index is 2.82. The second-order valence-electron chi connectivity index (χ2n) is 3.91. The molecule has 16 heavy (non-hydrogen) atoms. The molecule has 5 nitrogen and oxygen atoms in total. The van der Waals surface area contributed by atoms with Crippen LogP contribution in [0.4, 0.5) is 0 Å². The number of carboxylic acid groups (broad SMARTS) is 1. The third-order valence-electron chi connectivity index (χ3n) is 2.67. The smallest absolute Gasteiger partial charge is 0.305 e. The Hall–Kier alpha value is -1.36. The Morgan fingerprint density at radius 1 is 1.69 bits per heavy atom. The van der Waals surface area contributed by atoms with Crippen molar-refractivity contribution < 1.29 is 9.90 Å². The number of nitrogens with one attached hydrogen (secondary N) is 1. The van der Waals surface area contributed by atoms with E-state index in [9.17, 15) is 4.79 Å². The zero-order chi connectivity index (χ0) is 12.1. The summed E-state index contributed by atoms with van der Waals surface area (Å²) in [6, 6.07) is -0.147. The first kappa shape index (κ1) is 12.7. The molecule has 1 atom stereocenters. The normalized spacial score (nSPS) is 12.7. The zero-order valence-corrected chi connectivity index (χ0v) is 10.0. The standard InChI is InChI=1S/C11H19N3O2/c1-4-5-12-10(6-11(15)16)9-7-13-14(3)8(9)2/h7,10,12H,4-6H2,1-3H3,(H,15,16). The van der Waals surface area contributed by atoms with Crippen molar-refractivity contribution in [3.8, 4) is 0 Å². The van der Waals surface area contributed by atoms with Crippen molar-refractivity contribution in [2.45, 2.75) is 32.7 Å². The van der Waals surface area contributed by atoms with Crippen molar-refractivity contribution in [2.24, 2.45) is 7.05 Å². The minimum atomic E-state index is -0.795. The Morgan fingerprint density at radius 2 is 2.38 bits per heavy atom. The lowest BCUT2D eigenvalue weighted by Gasteiger charge is -2.16. The lowest BCUT2D eigenvalue weighted by atomic mass is 10.0. The van der Waals surface area contributed by atoms with E-state index in [2.05, 4.69) is 17.3 Å². The third-order valence-corrected chi connectivity index (χ3v) is 2.67. The molecule has 1 heterocycles. The maximum absolute atomic E-state index is 10.8. The highest BCUT2D eigenvalue weighted by atomic mass is 16.4. The molecule has 0 aliphatic carbocycles. The minimum Gasteiger partial charge on any atom is -0.481 e. The van der Waals surface area contributed by atoms with Gasteiger partial charge in [-0.1, -0.05) is 6.92 Å². The average molecular weight is 225 g/mol. The van der Waals surface area contributed by atoms with Crippen LogP contribution in [-0.4, -0.2) is 27.4 Å². The lowest BCUT2D eigenvalue weighted by molar-refractivity contribution is -0.137. The lowest BCUT2D eigenvalue weighted by Crippen LogP contribution is -2.25. The number of hydrogen-bond donors (Lipinski definition) is 2. The molecule has 0 spiro atoms. The summed E-state index contributed by atoms with van der Waals surface area (Å²) in [5.41, 5.74) is 1.98. The van der Waals surface area contributed by atoms with Crippen molar-refractivity contribution in [3.63, 3.8) is 0 Å². The quantitative estimate of drug-likeness (QED) is 0.764. The summed E-state index contributed by atoms with van der Waals surface area (Å²) in [7, 11) is 1.86. The first-order valence-electron chi connectivity index (χ1n) is 5.50. The highest BCUT2D eigenvalue weighted by molar-refractivity contribution is 5.68. The summed E-state index contributed by atoms with van der Waals surface area (Å²) in [5, 5.41) is 16.2. The highest BCUT2D eigenvalue weighted by Crippen LogP contribution is 2.19. The number of rotatable bonds is 6. The first-order chi connectivity index (χ1) is 7.56. The van der Waals surface area contributed by atoms with Crippen LogP contribution >= 0.6 is 0 Å². The molecule has 0 bridgehead atoms. The SMILES string of the molecule is CCCNC(CC(=O)O)c1cnn(C)c1C. The molecular weight excluding hydrogens is 206 g/mol. The molecule has 0 radical (unpaired) electrons. The molecule has 0 aliphatic heterocycles. The van der Waals surface area contributed by atoms with Gasteiger partial charge < -0.3 is 10.4 Å². The van der Waals surface area contributed by atoms with E-state index in [-0.39, 0.29) is 12.5 Å². The van der Waals surface area contributed by atoms with Crippen molar-refractivity contribution >= 4 is 5.97 Å². The van der Waals surface area contributed by atoms with Crippen LogP contribution in [0.15, 0.2) is 6.20 Å². The Kier molecular flexibility index (Phi) is 4.49. The van der Waals surface area contributed by atoms with Gasteiger partial charge in [-0.2, -0.15) is 5.10 Å². The van der Waals surface area contributed by atoms with Crippen LogP contribution < -0.4 is 5.32 Å². The molecule has 2 N–H and O–H groups in total. The maximum Gasteiger partial charge on any atom is 0.305 e. The molecule has 0 aromatic carbocycles. The van der Waals surface area contributed by atoms with E-state index in [0.717, 1.165) is 24.2 Å². The van der Waals surface area contributed by atoms with Crippen molar-refractivity contribution in [1.29, 1.82) is 0 Å². The number of carbonyl (C=O) groups is 1. The first-order valence-corrected chi connectivity index (χ1v) is 5.50. The van der Waals surface area contributed by atoms with E-state index in [0.29, 0.717) is 0 Å². The molecule has 1 unspecified atom stereocenters. The van der Waals surface area contributed by atoms with E-state index < -0.39 is 5.97 Å². The summed E-state index contributed by atoms with van der Waals surface area (Å²) in [6.45, 7) is 4.82. The van der Waals surface area contributed by atoms with Gasteiger partial charge in [0.05, 0.1) is 12.6 Å². The molecule has 0 aliphatic rings. The monoisotopic (exact) mass is 225 g/mol. The molecule has 0 saturated heterocycles. The summed E-state index contributed by atoms with van der Waals surface area (Å²) in [6.07, 6.45) is 2.81. The van der Waals surface area contributed by atoms with E-state index in [1.807, 2.05) is 14.0 Å². The van der Waals surface area contributed by atoms with E-state index in [4.69, 9.17) is 5.11 Å². The maximum atomic E-state index is 10.8. The van der Waals surface area contributed by atoms with Gasteiger partial charge in [0, 0.05) is 24.3 Å². The third kappa shape index (κ3) is 3.06. The Labute approximate surface area is 95.5 Å². The second-order valence-corrected chi connectivity index (χ2v) is 3.91. The topological polar surface area (TPSA) is 67.2 Å². The largest absolute Gasteiger partial charge is 0.481 e. The second kappa shape index (κ2) is 5.65. The number of aromatic nitrogens is 2. The van der Waals surface area contributed by atoms with Crippen LogP contribution in [0.1, 0.15) is 37.1 Å². The fourth-order valence-corrected chi connectivity index (χ4v) is 1.64. The van der Waals surface area contributed by atoms with Crippen molar-refractivity contribution in [1.82, 2.24) is 15.1 Å². The number of hydrogen-bond acceptors (Lipinski definition) is 3. The van der Waals surface area contributed by atoms with Gasteiger partial charge in [0.25, 0.3) is 0 Å². The van der Waals surface area contributed by atoms with Crippen LogP contribution in [0.3, 0.4) is 0 Å². The van der Waals surface area contributed by atoms with Crippen LogP contribution in [0, 0.1) is 6.92 Å². The average Bonchev–Trinajstić information content (AvgIpc) is 2.54. The van der Waals surface area contributed by atoms with Crippen LogP contribution in [0.5, 0.6) is 0 Å². The summed E-state index contributed by atoms with van der Waals surface area (Å²) in [5.74, 6) is -0.795. The summed E-state index contributed by atoms with van der Waals surface area (Å²) in [4.78, 5) is 10.8. The van der Waals surface area contributed by atoms with Crippen molar-refractivity contribution in [3.05, 3.63) is 17.5 Å². The number of aryl methyl sites for hydroxylation is 1. The highest BCUT2D eigenvalue weighted by Gasteiger charge is 2.18. The number of nitrogens with zero attached hydrogens (tertiary/aromatic N) is 2. The number of carboxylic acids is 1. The Bertz CT molecular complexity index is 360. The van der Waals surface area contributed by atoms with Crippen LogP contribution in [-0.2, 0) is 11.8 Å². The fourth-order valence-electron chi connectivity index (χ4n) is 1.64. The van der Waals surface area contributed by atoms with Crippen molar-refractivity contribution in [2.75, 3.05) is 6.54 Å². The van der Waals surface area contributed by atoms with Gasteiger partial charge >= 0.3 is 5.97 Å². The Morgan fingerprint density at radius 3 is 2.81 bits per heavy atom. The van der Waals surface area contributed by atoms with E-state index >= 15 is 0 Å². The van der Waals surface area contributed by atoms with Gasteiger partial charge in [0.2, 0.25) is 0 Å². The van der Waals surface area contributed by atoms with E-state index in [1.165, 1.54) is 0 Å². The fraction of sp³-hybridized carbons (Fsp3) is 0.636. The molecule has 0 fully saturated rings. The predicted molar refractivity (Wildman–Crippen MR) is 61.2 cm³/mol. The molecule has 1 rings (SSSR count).